The fourth-order valence-electron chi connectivity index (χ4n) is 1.95. The number of hydrogen-bond donors (Lipinski definition) is 2. The number of carbonyl (C=O) groups is 2. The summed E-state index contributed by atoms with van der Waals surface area (Å²) in [6.45, 7) is 1.82. The van der Waals surface area contributed by atoms with Crippen molar-refractivity contribution in [2.75, 3.05) is 12.4 Å². The molecule has 7 heteroatoms. The molecular formula is C16H13Cl2NO4. The van der Waals surface area contributed by atoms with Crippen LogP contribution in [0.3, 0.4) is 0 Å². The lowest BCUT2D eigenvalue weighted by molar-refractivity contribution is 0.0696. The van der Waals surface area contributed by atoms with E-state index in [4.69, 9.17) is 33.0 Å². The molecule has 0 heterocycles. The average molecular weight is 354 g/mol. The van der Waals surface area contributed by atoms with E-state index in [1.54, 1.807) is 12.1 Å². The molecule has 0 aliphatic heterocycles. The number of aromatic carboxylic acids is 1. The number of carboxylic acid groups (broad SMARTS) is 1. The minimum absolute atomic E-state index is 0.0620. The summed E-state index contributed by atoms with van der Waals surface area (Å²) in [6.07, 6.45) is 0. The van der Waals surface area contributed by atoms with Crippen molar-refractivity contribution in [2.24, 2.45) is 0 Å². The summed E-state index contributed by atoms with van der Waals surface area (Å²) < 4.78 is 5.12. The van der Waals surface area contributed by atoms with E-state index in [1.165, 1.54) is 25.3 Å². The van der Waals surface area contributed by atoms with E-state index < -0.39 is 11.9 Å². The third-order valence-corrected chi connectivity index (χ3v) is 3.86. The molecule has 120 valence electrons. The second kappa shape index (κ2) is 6.89. The van der Waals surface area contributed by atoms with Crippen LogP contribution in [0.15, 0.2) is 30.3 Å². The summed E-state index contributed by atoms with van der Waals surface area (Å²) in [5.41, 5.74) is 1.28. The van der Waals surface area contributed by atoms with Crippen LogP contribution in [-0.2, 0) is 0 Å². The largest absolute Gasteiger partial charge is 0.493 e. The van der Waals surface area contributed by atoms with Crippen LogP contribution in [0.1, 0.15) is 26.3 Å². The molecule has 1 amide bonds. The fraction of sp³-hybridized carbons (Fsp3) is 0.125. The number of methoxy groups -OCH3 is 1. The van der Waals surface area contributed by atoms with Crippen molar-refractivity contribution in [3.63, 3.8) is 0 Å². The molecule has 0 bridgehead atoms. The average Bonchev–Trinajstić information content (AvgIpc) is 2.49. The molecule has 0 saturated carbocycles. The summed E-state index contributed by atoms with van der Waals surface area (Å²) in [4.78, 5) is 23.4. The normalized spacial score (nSPS) is 10.3. The van der Waals surface area contributed by atoms with Crippen molar-refractivity contribution in [3.8, 4) is 5.75 Å². The number of carboxylic acids is 1. The van der Waals surface area contributed by atoms with E-state index in [0.29, 0.717) is 10.6 Å². The van der Waals surface area contributed by atoms with Gasteiger partial charge in [-0.15, -0.1) is 0 Å². The first kappa shape index (κ1) is 17.1. The number of benzene rings is 2. The number of halogens is 2. The lowest BCUT2D eigenvalue weighted by Gasteiger charge is -2.13. The topological polar surface area (TPSA) is 75.6 Å². The van der Waals surface area contributed by atoms with Gasteiger partial charge in [0, 0.05) is 10.6 Å². The molecular weight excluding hydrogens is 341 g/mol. The Balaban J connectivity index is 2.39. The molecule has 0 aliphatic rings. The number of carbonyl (C=O) groups excluding carboxylic acids is 1. The van der Waals surface area contributed by atoms with Gasteiger partial charge in [-0.2, -0.15) is 0 Å². The van der Waals surface area contributed by atoms with E-state index in [0.717, 1.165) is 5.56 Å². The highest BCUT2D eigenvalue weighted by Gasteiger charge is 2.17. The zero-order chi connectivity index (χ0) is 17.1. The molecule has 0 aromatic heterocycles. The maximum atomic E-state index is 12.3. The van der Waals surface area contributed by atoms with Crippen LogP contribution in [0.2, 0.25) is 10.0 Å². The second-order valence-electron chi connectivity index (χ2n) is 4.76. The van der Waals surface area contributed by atoms with Crippen LogP contribution < -0.4 is 10.1 Å². The number of hydrogen-bond acceptors (Lipinski definition) is 3. The first-order valence-electron chi connectivity index (χ1n) is 6.51. The van der Waals surface area contributed by atoms with Crippen LogP contribution in [0.25, 0.3) is 0 Å². The molecule has 23 heavy (non-hydrogen) atoms. The van der Waals surface area contributed by atoms with E-state index in [-0.39, 0.29) is 22.0 Å². The number of rotatable bonds is 4. The van der Waals surface area contributed by atoms with Gasteiger partial charge in [-0.05, 0) is 36.8 Å². The van der Waals surface area contributed by atoms with Crippen molar-refractivity contribution in [2.45, 2.75) is 6.92 Å². The number of nitrogens with one attached hydrogen (secondary N) is 1. The smallest absolute Gasteiger partial charge is 0.335 e. The van der Waals surface area contributed by atoms with E-state index >= 15 is 0 Å². The van der Waals surface area contributed by atoms with Crippen LogP contribution in [-0.4, -0.2) is 24.1 Å². The predicted octanol–water partition coefficient (Wildman–Crippen LogP) is 4.26. The maximum Gasteiger partial charge on any atom is 0.335 e. The lowest BCUT2D eigenvalue weighted by atomic mass is 10.1. The van der Waals surface area contributed by atoms with Crippen molar-refractivity contribution in [3.05, 3.63) is 57.1 Å². The van der Waals surface area contributed by atoms with Gasteiger partial charge in [0.2, 0.25) is 0 Å². The van der Waals surface area contributed by atoms with Gasteiger partial charge in [0.25, 0.3) is 5.91 Å². The predicted molar refractivity (Wildman–Crippen MR) is 89.1 cm³/mol. The Morgan fingerprint density at radius 2 is 1.74 bits per heavy atom. The molecule has 2 rings (SSSR count). The highest BCUT2D eigenvalue weighted by atomic mass is 35.5. The summed E-state index contributed by atoms with van der Waals surface area (Å²) >= 11 is 12.0. The number of ether oxygens (including phenoxy) is 1. The summed E-state index contributed by atoms with van der Waals surface area (Å²) in [5, 5.41) is 12.2. The van der Waals surface area contributed by atoms with Gasteiger partial charge in [0.05, 0.1) is 23.4 Å². The zero-order valence-electron chi connectivity index (χ0n) is 12.3. The Kier molecular flexibility index (Phi) is 5.13. The van der Waals surface area contributed by atoms with Crippen LogP contribution in [0.4, 0.5) is 5.69 Å². The van der Waals surface area contributed by atoms with Gasteiger partial charge < -0.3 is 15.2 Å². The van der Waals surface area contributed by atoms with Crippen LogP contribution >= 0.6 is 23.2 Å². The summed E-state index contributed by atoms with van der Waals surface area (Å²) in [5.74, 6) is -1.43. The van der Waals surface area contributed by atoms with Crippen molar-refractivity contribution in [1.29, 1.82) is 0 Å². The fourth-order valence-corrected chi connectivity index (χ4v) is 2.42. The van der Waals surface area contributed by atoms with Crippen molar-refractivity contribution in [1.82, 2.24) is 0 Å². The van der Waals surface area contributed by atoms with Gasteiger partial charge >= 0.3 is 5.97 Å². The number of anilines is 1. The Labute approximate surface area is 142 Å². The molecule has 2 aromatic rings. The Morgan fingerprint density at radius 1 is 1.09 bits per heavy atom. The van der Waals surface area contributed by atoms with Crippen molar-refractivity contribution >= 4 is 40.8 Å². The molecule has 0 unspecified atom stereocenters. The van der Waals surface area contributed by atoms with Gasteiger partial charge in [0.1, 0.15) is 0 Å². The molecule has 2 aromatic carbocycles. The Bertz CT molecular complexity index is 790. The minimum atomic E-state index is -1.16. The van der Waals surface area contributed by atoms with Gasteiger partial charge in [-0.25, -0.2) is 4.79 Å². The van der Waals surface area contributed by atoms with Crippen LogP contribution in [0, 0.1) is 6.92 Å². The summed E-state index contributed by atoms with van der Waals surface area (Å²) in [7, 11) is 1.38. The van der Waals surface area contributed by atoms with Gasteiger partial charge in [-0.3, -0.25) is 4.79 Å². The Hall–Kier alpha value is -2.24. The first-order chi connectivity index (χ1) is 10.8. The van der Waals surface area contributed by atoms with E-state index in [1.807, 2.05) is 6.92 Å². The SMILES string of the molecule is COc1c(Cl)cc(C(=O)O)cc1NC(=O)c1ccc(C)c(Cl)c1. The second-order valence-corrected chi connectivity index (χ2v) is 5.58. The quantitative estimate of drug-likeness (QED) is 0.860. The minimum Gasteiger partial charge on any atom is -0.493 e. The number of amides is 1. The molecule has 5 nitrogen and oxygen atoms in total. The zero-order valence-corrected chi connectivity index (χ0v) is 13.8. The molecule has 0 saturated heterocycles. The first-order valence-corrected chi connectivity index (χ1v) is 7.27. The molecule has 0 atom stereocenters. The number of aryl methyl sites for hydroxylation is 1. The lowest BCUT2D eigenvalue weighted by Crippen LogP contribution is -2.13. The van der Waals surface area contributed by atoms with Gasteiger partial charge in [-0.1, -0.05) is 29.3 Å². The molecule has 2 N–H and O–H groups in total. The third-order valence-electron chi connectivity index (χ3n) is 3.18. The molecule has 0 fully saturated rings. The molecule has 0 aliphatic carbocycles. The monoisotopic (exact) mass is 353 g/mol. The highest BCUT2D eigenvalue weighted by Crippen LogP contribution is 2.34. The van der Waals surface area contributed by atoms with E-state index in [9.17, 15) is 9.59 Å². The Morgan fingerprint density at radius 3 is 2.30 bits per heavy atom. The standard InChI is InChI=1S/C16H13Cl2NO4/c1-8-3-4-9(5-11(8)17)15(20)19-13-7-10(16(21)22)6-12(18)14(13)23-2/h3-7H,1-2H3,(H,19,20)(H,21,22). The maximum absolute atomic E-state index is 12.3. The van der Waals surface area contributed by atoms with Gasteiger partial charge in [0.15, 0.2) is 5.75 Å². The van der Waals surface area contributed by atoms with E-state index in [2.05, 4.69) is 5.32 Å². The third kappa shape index (κ3) is 3.75. The summed E-state index contributed by atoms with van der Waals surface area (Å²) in [6, 6.07) is 7.39. The highest BCUT2D eigenvalue weighted by molar-refractivity contribution is 6.33. The van der Waals surface area contributed by atoms with Crippen molar-refractivity contribution < 1.29 is 19.4 Å². The van der Waals surface area contributed by atoms with Crippen LogP contribution in [0.5, 0.6) is 5.75 Å². The molecule has 0 radical (unpaired) electrons. The molecule has 0 spiro atoms.